The number of carbonyl (C=O) groups is 4. The van der Waals surface area contributed by atoms with E-state index in [1.165, 1.54) is 0 Å². The van der Waals surface area contributed by atoms with Crippen molar-refractivity contribution in [3.63, 3.8) is 0 Å². The fourth-order valence-electron chi connectivity index (χ4n) is 2.43. The van der Waals surface area contributed by atoms with E-state index >= 15 is 0 Å². The molecule has 0 heterocycles. The van der Waals surface area contributed by atoms with Crippen LogP contribution in [0.3, 0.4) is 0 Å². The molecule has 0 spiro atoms. The molecule has 0 saturated carbocycles. The van der Waals surface area contributed by atoms with E-state index < -0.39 is 48.3 Å². The molecule has 28 heavy (non-hydrogen) atoms. The predicted octanol–water partition coefficient (Wildman–Crippen LogP) is 0.131. The maximum atomic E-state index is 12.7. The second kappa shape index (κ2) is 11.0. The second-order valence-electron chi connectivity index (χ2n) is 6.85. The molecule has 3 unspecified atom stereocenters. The van der Waals surface area contributed by atoms with Crippen LogP contribution in [0.2, 0.25) is 0 Å². The summed E-state index contributed by atoms with van der Waals surface area (Å²) in [4.78, 5) is 47.0. The molecule has 9 heteroatoms. The fourth-order valence-corrected chi connectivity index (χ4v) is 2.43. The average molecular weight is 393 g/mol. The molecule has 0 bridgehead atoms. The highest BCUT2D eigenvalue weighted by atomic mass is 16.4. The zero-order chi connectivity index (χ0) is 21.3. The van der Waals surface area contributed by atoms with Crippen molar-refractivity contribution < 1.29 is 29.4 Å². The van der Waals surface area contributed by atoms with Crippen molar-refractivity contribution in [3.05, 3.63) is 35.9 Å². The van der Waals surface area contributed by atoms with Crippen molar-refractivity contribution in [2.24, 2.45) is 11.7 Å². The number of rotatable bonds is 11. The van der Waals surface area contributed by atoms with Crippen molar-refractivity contribution in [1.82, 2.24) is 10.6 Å². The Morgan fingerprint density at radius 2 is 1.54 bits per heavy atom. The van der Waals surface area contributed by atoms with Crippen LogP contribution in [0.25, 0.3) is 0 Å². The molecule has 0 aromatic heterocycles. The Bertz CT molecular complexity index is 692. The summed E-state index contributed by atoms with van der Waals surface area (Å²) in [6, 6.07) is 5.65. The van der Waals surface area contributed by atoms with Crippen molar-refractivity contribution in [2.75, 3.05) is 0 Å². The van der Waals surface area contributed by atoms with Gasteiger partial charge in [-0.3, -0.25) is 14.4 Å². The van der Waals surface area contributed by atoms with E-state index in [4.69, 9.17) is 10.8 Å². The molecule has 0 saturated heterocycles. The zero-order valence-corrected chi connectivity index (χ0v) is 15.9. The summed E-state index contributed by atoms with van der Waals surface area (Å²) in [6.45, 7) is 3.53. The summed E-state index contributed by atoms with van der Waals surface area (Å²) in [7, 11) is 0. The van der Waals surface area contributed by atoms with Gasteiger partial charge in [0.15, 0.2) is 0 Å². The van der Waals surface area contributed by atoms with Crippen LogP contribution in [0, 0.1) is 5.92 Å². The molecule has 2 amide bonds. The number of hydrogen-bond donors (Lipinski definition) is 5. The van der Waals surface area contributed by atoms with Gasteiger partial charge in [-0.1, -0.05) is 44.2 Å². The Balaban J connectivity index is 2.94. The molecular weight excluding hydrogens is 366 g/mol. The van der Waals surface area contributed by atoms with Crippen LogP contribution in [0.15, 0.2) is 30.3 Å². The molecule has 0 fully saturated rings. The van der Waals surface area contributed by atoms with Gasteiger partial charge in [0.1, 0.15) is 12.1 Å². The highest BCUT2D eigenvalue weighted by molar-refractivity contribution is 5.92. The smallest absolute Gasteiger partial charge is 0.326 e. The quantitative estimate of drug-likeness (QED) is 0.357. The van der Waals surface area contributed by atoms with Crippen LogP contribution in [0.1, 0.15) is 32.3 Å². The molecule has 9 nitrogen and oxygen atoms in total. The molecule has 154 valence electrons. The number of amides is 2. The monoisotopic (exact) mass is 393 g/mol. The Hall–Kier alpha value is -2.94. The van der Waals surface area contributed by atoms with Gasteiger partial charge in [-0.15, -0.1) is 0 Å². The average Bonchev–Trinajstić information content (AvgIpc) is 2.63. The fraction of sp³-hybridized carbons (Fsp3) is 0.474. The van der Waals surface area contributed by atoms with Gasteiger partial charge in [-0.2, -0.15) is 0 Å². The lowest BCUT2D eigenvalue weighted by atomic mass is 10.0. The molecule has 0 aliphatic rings. The van der Waals surface area contributed by atoms with Gasteiger partial charge in [-0.05, 0) is 17.9 Å². The number of aliphatic carboxylic acids is 2. The highest BCUT2D eigenvalue weighted by Crippen LogP contribution is 2.07. The van der Waals surface area contributed by atoms with Crippen LogP contribution < -0.4 is 16.4 Å². The normalized spacial score (nSPS) is 14.0. The maximum absolute atomic E-state index is 12.7. The first-order chi connectivity index (χ1) is 13.1. The van der Waals surface area contributed by atoms with Crippen LogP contribution in [0.5, 0.6) is 0 Å². The third kappa shape index (κ3) is 7.75. The van der Waals surface area contributed by atoms with E-state index in [0.29, 0.717) is 0 Å². The minimum Gasteiger partial charge on any atom is -0.481 e. The Morgan fingerprint density at radius 3 is 2.04 bits per heavy atom. The maximum Gasteiger partial charge on any atom is 0.326 e. The van der Waals surface area contributed by atoms with E-state index in [-0.39, 0.29) is 18.8 Å². The Kier molecular flexibility index (Phi) is 9.10. The molecular formula is C19H27N3O6. The summed E-state index contributed by atoms with van der Waals surface area (Å²) in [5, 5.41) is 22.9. The molecule has 6 N–H and O–H groups in total. The number of hydrogen-bond acceptors (Lipinski definition) is 5. The third-order valence-corrected chi connectivity index (χ3v) is 4.20. The van der Waals surface area contributed by atoms with Gasteiger partial charge < -0.3 is 26.6 Å². The zero-order valence-electron chi connectivity index (χ0n) is 15.9. The lowest BCUT2D eigenvalue weighted by Gasteiger charge is -2.24. The molecule has 0 aliphatic heterocycles. The van der Waals surface area contributed by atoms with Gasteiger partial charge in [0.05, 0.1) is 6.04 Å². The molecule has 3 atom stereocenters. The third-order valence-electron chi connectivity index (χ3n) is 4.20. The first kappa shape index (κ1) is 23.1. The van der Waals surface area contributed by atoms with E-state index in [2.05, 4.69) is 10.6 Å². The summed E-state index contributed by atoms with van der Waals surface area (Å²) in [5.74, 6) is -3.91. The van der Waals surface area contributed by atoms with E-state index in [0.717, 1.165) is 5.56 Å². The lowest BCUT2D eigenvalue weighted by molar-refractivity contribution is -0.143. The SMILES string of the molecule is CC(C)C(N)C(=O)NC(Cc1ccccc1)C(=O)NC(CCC(=O)O)C(=O)O. The minimum absolute atomic E-state index is 0.133. The molecule has 1 rings (SSSR count). The van der Waals surface area contributed by atoms with Crippen molar-refractivity contribution in [1.29, 1.82) is 0 Å². The van der Waals surface area contributed by atoms with E-state index in [1.54, 1.807) is 44.2 Å². The first-order valence-electron chi connectivity index (χ1n) is 8.96. The predicted molar refractivity (Wildman–Crippen MR) is 101 cm³/mol. The van der Waals surface area contributed by atoms with Crippen LogP contribution in [-0.4, -0.2) is 52.1 Å². The number of carbonyl (C=O) groups excluding carboxylic acids is 2. The Morgan fingerprint density at radius 1 is 0.964 bits per heavy atom. The number of carboxylic acid groups (broad SMARTS) is 2. The van der Waals surface area contributed by atoms with Gasteiger partial charge in [0, 0.05) is 12.8 Å². The molecule has 0 aliphatic carbocycles. The van der Waals surface area contributed by atoms with Gasteiger partial charge in [-0.25, -0.2) is 4.79 Å². The highest BCUT2D eigenvalue weighted by Gasteiger charge is 2.29. The lowest BCUT2D eigenvalue weighted by Crippen LogP contribution is -2.56. The van der Waals surface area contributed by atoms with Gasteiger partial charge in [0.25, 0.3) is 0 Å². The van der Waals surface area contributed by atoms with Gasteiger partial charge >= 0.3 is 11.9 Å². The second-order valence-corrected chi connectivity index (χ2v) is 6.85. The first-order valence-corrected chi connectivity index (χ1v) is 8.96. The summed E-state index contributed by atoms with van der Waals surface area (Å²) < 4.78 is 0. The topological polar surface area (TPSA) is 159 Å². The Labute approximate surface area is 163 Å². The minimum atomic E-state index is -1.38. The van der Waals surface area contributed by atoms with Crippen LogP contribution in [0.4, 0.5) is 0 Å². The van der Waals surface area contributed by atoms with Crippen LogP contribution in [-0.2, 0) is 25.6 Å². The van der Waals surface area contributed by atoms with E-state index in [1.807, 2.05) is 0 Å². The summed E-state index contributed by atoms with van der Waals surface area (Å²) in [6.07, 6.45) is -0.548. The largest absolute Gasteiger partial charge is 0.481 e. The van der Waals surface area contributed by atoms with Crippen molar-refractivity contribution >= 4 is 23.8 Å². The van der Waals surface area contributed by atoms with Crippen molar-refractivity contribution in [3.8, 4) is 0 Å². The number of carboxylic acids is 2. The molecule has 1 aromatic rings. The molecule has 1 aromatic carbocycles. The summed E-state index contributed by atoms with van der Waals surface area (Å²) in [5.41, 5.74) is 6.59. The summed E-state index contributed by atoms with van der Waals surface area (Å²) >= 11 is 0. The molecule has 0 radical (unpaired) electrons. The number of nitrogens with two attached hydrogens (primary N) is 1. The number of nitrogens with one attached hydrogen (secondary N) is 2. The van der Waals surface area contributed by atoms with Crippen molar-refractivity contribution in [2.45, 2.75) is 51.2 Å². The number of benzene rings is 1. The van der Waals surface area contributed by atoms with Gasteiger partial charge in [0.2, 0.25) is 11.8 Å². The van der Waals surface area contributed by atoms with Crippen LogP contribution >= 0.6 is 0 Å². The standard InChI is InChI=1S/C19H27N3O6/c1-11(2)16(20)18(26)22-14(10-12-6-4-3-5-7-12)17(25)21-13(19(27)28)8-9-15(23)24/h3-7,11,13-14,16H,8-10,20H2,1-2H3,(H,21,25)(H,22,26)(H,23,24)(H,27,28). The van der Waals surface area contributed by atoms with E-state index in [9.17, 15) is 24.3 Å².